The molecule has 0 bridgehead atoms. The van der Waals surface area contributed by atoms with Crippen molar-refractivity contribution in [2.45, 2.75) is 51.1 Å². The summed E-state index contributed by atoms with van der Waals surface area (Å²) in [5.74, 6) is -0.272. The van der Waals surface area contributed by atoms with E-state index in [1.165, 1.54) is 0 Å². The summed E-state index contributed by atoms with van der Waals surface area (Å²) in [5, 5.41) is 14.8. The Kier molecular flexibility index (Phi) is 4.29. The van der Waals surface area contributed by atoms with Gasteiger partial charge in [0.1, 0.15) is 6.04 Å². The molecule has 1 heterocycles. The van der Waals surface area contributed by atoms with Crippen molar-refractivity contribution >= 4 is 11.8 Å². The fraction of sp³-hybridized carbons (Fsp3) is 0.818. The van der Waals surface area contributed by atoms with Crippen LogP contribution in [0.5, 0.6) is 0 Å². The lowest BCUT2D eigenvalue weighted by molar-refractivity contribution is -0.127. The summed E-state index contributed by atoms with van der Waals surface area (Å²) in [4.78, 5) is 22.8. The number of aliphatic hydroxyl groups is 1. The molecule has 1 rings (SSSR count). The van der Waals surface area contributed by atoms with E-state index in [0.717, 1.165) is 0 Å². The van der Waals surface area contributed by atoms with Crippen LogP contribution in [0.25, 0.3) is 0 Å². The van der Waals surface area contributed by atoms with Gasteiger partial charge in [-0.15, -0.1) is 0 Å². The van der Waals surface area contributed by atoms with Gasteiger partial charge in [0.05, 0.1) is 12.1 Å². The van der Waals surface area contributed by atoms with Crippen molar-refractivity contribution in [1.82, 2.24) is 10.6 Å². The molecule has 0 aliphatic carbocycles. The highest BCUT2D eigenvalue weighted by Gasteiger charge is 2.33. The summed E-state index contributed by atoms with van der Waals surface area (Å²) in [7, 11) is 0. The van der Waals surface area contributed by atoms with E-state index in [4.69, 9.17) is 0 Å². The van der Waals surface area contributed by atoms with Gasteiger partial charge in [-0.3, -0.25) is 9.59 Å². The van der Waals surface area contributed by atoms with Gasteiger partial charge in [0.2, 0.25) is 11.8 Å². The van der Waals surface area contributed by atoms with E-state index >= 15 is 0 Å². The molecule has 2 amide bonds. The van der Waals surface area contributed by atoms with Gasteiger partial charge < -0.3 is 15.7 Å². The second kappa shape index (κ2) is 5.30. The van der Waals surface area contributed by atoms with Crippen molar-refractivity contribution in [2.24, 2.45) is 0 Å². The first-order chi connectivity index (χ1) is 7.56. The van der Waals surface area contributed by atoms with Gasteiger partial charge in [-0.1, -0.05) is 13.8 Å². The third-order valence-corrected chi connectivity index (χ3v) is 3.36. The molecular weight excluding hydrogens is 208 g/mol. The Morgan fingerprint density at radius 3 is 2.56 bits per heavy atom. The first-order valence-electron chi connectivity index (χ1n) is 5.79. The summed E-state index contributed by atoms with van der Waals surface area (Å²) in [6, 6.07) is -0.434. The Bertz CT molecular complexity index is 266. The Labute approximate surface area is 95.6 Å². The van der Waals surface area contributed by atoms with E-state index in [1.807, 2.05) is 13.8 Å². The molecule has 0 saturated carbocycles. The van der Waals surface area contributed by atoms with E-state index in [0.29, 0.717) is 25.7 Å². The van der Waals surface area contributed by atoms with Gasteiger partial charge in [-0.05, 0) is 19.3 Å². The Hall–Kier alpha value is -1.10. The molecule has 5 nitrogen and oxygen atoms in total. The number of carbonyl (C=O) groups excluding carboxylic acids is 2. The van der Waals surface area contributed by atoms with E-state index in [-0.39, 0.29) is 18.4 Å². The monoisotopic (exact) mass is 228 g/mol. The SMILES string of the molecule is CCC(CC)(CO)NC(=O)[C@@H]1CCC(=O)N1. The van der Waals surface area contributed by atoms with Crippen molar-refractivity contribution in [3.63, 3.8) is 0 Å². The minimum atomic E-state index is -0.551. The highest BCUT2D eigenvalue weighted by atomic mass is 16.3. The Morgan fingerprint density at radius 2 is 2.19 bits per heavy atom. The average Bonchev–Trinajstić information content (AvgIpc) is 2.73. The first kappa shape index (κ1) is 13.0. The van der Waals surface area contributed by atoms with Crippen LogP contribution in [-0.4, -0.2) is 35.1 Å². The lowest BCUT2D eigenvalue weighted by Gasteiger charge is -2.31. The molecule has 0 spiro atoms. The third-order valence-electron chi connectivity index (χ3n) is 3.36. The lowest BCUT2D eigenvalue weighted by atomic mass is 9.93. The molecule has 0 aromatic heterocycles. The van der Waals surface area contributed by atoms with Crippen LogP contribution in [0.4, 0.5) is 0 Å². The van der Waals surface area contributed by atoms with Crippen LogP contribution in [0.15, 0.2) is 0 Å². The Morgan fingerprint density at radius 1 is 1.56 bits per heavy atom. The average molecular weight is 228 g/mol. The van der Waals surface area contributed by atoms with Crippen molar-refractivity contribution in [1.29, 1.82) is 0 Å². The number of carbonyl (C=O) groups is 2. The summed E-state index contributed by atoms with van der Waals surface area (Å²) in [6.45, 7) is 3.77. The minimum Gasteiger partial charge on any atom is -0.394 e. The summed E-state index contributed by atoms with van der Waals surface area (Å²) < 4.78 is 0. The number of hydrogen-bond acceptors (Lipinski definition) is 3. The van der Waals surface area contributed by atoms with Crippen LogP contribution in [0.2, 0.25) is 0 Å². The number of rotatable bonds is 5. The highest BCUT2D eigenvalue weighted by molar-refractivity contribution is 5.91. The molecule has 0 radical (unpaired) electrons. The van der Waals surface area contributed by atoms with E-state index < -0.39 is 11.6 Å². The number of nitrogens with one attached hydrogen (secondary N) is 2. The van der Waals surface area contributed by atoms with E-state index in [2.05, 4.69) is 10.6 Å². The predicted molar refractivity (Wildman–Crippen MR) is 59.7 cm³/mol. The second-order valence-corrected chi connectivity index (χ2v) is 4.29. The first-order valence-corrected chi connectivity index (χ1v) is 5.79. The maximum Gasteiger partial charge on any atom is 0.243 e. The van der Waals surface area contributed by atoms with Crippen molar-refractivity contribution in [3.8, 4) is 0 Å². The predicted octanol–water partition coefficient (Wildman–Crippen LogP) is -0.0677. The molecule has 1 aliphatic heterocycles. The smallest absolute Gasteiger partial charge is 0.243 e. The second-order valence-electron chi connectivity index (χ2n) is 4.29. The number of hydrogen-bond donors (Lipinski definition) is 3. The van der Waals surface area contributed by atoms with Crippen molar-refractivity contribution in [3.05, 3.63) is 0 Å². The Balaban J connectivity index is 2.58. The van der Waals surface area contributed by atoms with Crippen LogP contribution >= 0.6 is 0 Å². The zero-order chi connectivity index (χ0) is 12.2. The molecule has 1 saturated heterocycles. The fourth-order valence-corrected chi connectivity index (χ4v) is 1.85. The quantitative estimate of drug-likeness (QED) is 0.616. The number of amides is 2. The van der Waals surface area contributed by atoms with Gasteiger partial charge in [-0.2, -0.15) is 0 Å². The van der Waals surface area contributed by atoms with Gasteiger partial charge >= 0.3 is 0 Å². The van der Waals surface area contributed by atoms with Gasteiger partial charge in [0, 0.05) is 6.42 Å². The van der Waals surface area contributed by atoms with Crippen LogP contribution in [0.3, 0.4) is 0 Å². The van der Waals surface area contributed by atoms with E-state index in [9.17, 15) is 14.7 Å². The fourth-order valence-electron chi connectivity index (χ4n) is 1.85. The maximum atomic E-state index is 11.8. The van der Waals surface area contributed by atoms with Crippen molar-refractivity contribution in [2.75, 3.05) is 6.61 Å². The van der Waals surface area contributed by atoms with Crippen LogP contribution in [0, 0.1) is 0 Å². The van der Waals surface area contributed by atoms with Gasteiger partial charge in [0.15, 0.2) is 0 Å². The van der Waals surface area contributed by atoms with Crippen LogP contribution in [0.1, 0.15) is 39.5 Å². The molecule has 0 aromatic rings. The summed E-state index contributed by atoms with van der Waals surface area (Å²) >= 11 is 0. The maximum absolute atomic E-state index is 11.8. The van der Waals surface area contributed by atoms with Crippen molar-refractivity contribution < 1.29 is 14.7 Å². The molecule has 1 atom stereocenters. The summed E-state index contributed by atoms with van der Waals surface area (Å²) in [5.41, 5.74) is -0.551. The largest absolute Gasteiger partial charge is 0.394 e. The van der Waals surface area contributed by atoms with Gasteiger partial charge in [-0.25, -0.2) is 0 Å². The summed E-state index contributed by atoms with van der Waals surface area (Å²) in [6.07, 6.45) is 2.29. The number of aliphatic hydroxyl groups excluding tert-OH is 1. The minimum absolute atomic E-state index is 0.0770. The molecular formula is C11H20N2O3. The van der Waals surface area contributed by atoms with E-state index in [1.54, 1.807) is 0 Å². The lowest BCUT2D eigenvalue weighted by Crippen LogP contribution is -2.55. The molecule has 5 heteroatoms. The topological polar surface area (TPSA) is 78.4 Å². The van der Waals surface area contributed by atoms with Crippen LogP contribution < -0.4 is 10.6 Å². The molecule has 16 heavy (non-hydrogen) atoms. The molecule has 1 fully saturated rings. The zero-order valence-corrected chi connectivity index (χ0v) is 9.88. The third kappa shape index (κ3) is 2.72. The zero-order valence-electron chi connectivity index (χ0n) is 9.88. The van der Waals surface area contributed by atoms with Crippen LogP contribution in [-0.2, 0) is 9.59 Å². The molecule has 0 aromatic carbocycles. The molecule has 92 valence electrons. The normalized spacial score (nSPS) is 20.7. The molecule has 3 N–H and O–H groups in total. The van der Waals surface area contributed by atoms with Gasteiger partial charge in [0.25, 0.3) is 0 Å². The standard InChI is InChI=1S/C11H20N2O3/c1-3-11(4-2,7-14)13-10(16)8-5-6-9(15)12-8/h8,14H,3-7H2,1-2H3,(H,12,15)(H,13,16)/t8-/m0/s1. The molecule has 0 unspecified atom stereocenters. The highest BCUT2D eigenvalue weighted by Crippen LogP contribution is 2.16. The molecule has 1 aliphatic rings.